The van der Waals surface area contributed by atoms with Crippen molar-refractivity contribution in [2.75, 3.05) is 6.61 Å². The van der Waals surface area contributed by atoms with Crippen LogP contribution in [0.1, 0.15) is 25.7 Å². The molecule has 0 N–H and O–H groups in total. The average molecular weight is 128 g/mol. The lowest BCUT2D eigenvalue weighted by atomic mass is 9.87. The van der Waals surface area contributed by atoms with E-state index in [0.717, 1.165) is 12.5 Å². The Morgan fingerprint density at radius 3 is 3.00 bits per heavy atom. The third kappa shape index (κ3) is 1.10. The Morgan fingerprint density at radius 1 is 1.22 bits per heavy atom. The van der Waals surface area contributed by atoms with Gasteiger partial charge in [0.15, 0.2) is 0 Å². The lowest BCUT2D eigenvalue weighted by Gasteiger charge is -2.32. The highest BCUT2D eigenvalue weighted by Gasteiger charge is 2.27. The number of fused-ring (bicyclic) bond motifs is 2. The molecule has 0 spiro atoms. The maximum atomic E-state index is 5.05. The van der Waals surface area contributed by atoms with E-state index < -0.39 is 0 Å². The lowest BCUT2D eigenvalue weighted by Crippen LogP contribution is -2.31. The average Bonchev–Trinajstić information content (AvgIpc) is 1.88. The zero-order chi connectivity index (χ0) is 6.10. The van der Waals surface area contributed by atoms with Crippen molar-refractivity contribution in [3.05, 3.63) is 0 Å². The van der Waals surface area contributed by atoms with Gasteiger partial charge in [-0.25, -0.2) is 9.78 Å². The van der Waals surface area contributed by atoms with Crippen LogP contribution in [-0.4, -0.2) is 12.7 Å². The first-order valence-electron chi connectivity index (χ1n) is 3.73. The molecule has 1 aliphatic carbocycles. The topological polar surface area (TPSA) is 18.5 Å². The minimum Gasteiger partial charge on any atom is -0.236 e. The SMILES string of the molecule is C1C[C@H]2COO[C@H](C1)C2. The first kappa shape index (κ1) is 5.69. The van der Waals surface area contributed by atoms with E-state index in [1.165, 1.54) is 25.7 Å². The highest BCUT2D eigenvalue weighted by atomic mass is 17.2. The van der Waals surface area contributed by atoms with Gasteiger partial charge in [-0.15, -0.1) is 0 Å². The Bertz CT molecular complexity index is 83.1. The molecular weight excluding hydrogens is 116 g/mol. The van der Waals surface area contributed by atoms with Crippen molar-refractivity contribution in [2.24, 2.45) is 5.92 Å². The van der Waals surface area contributed by atoms with Crippen LogP contribution in [0.5, 0.6) is 0 Å². The molecule has 0 aromatic rings. The quantitative estimate of drug-likeness (QED) is 0.460. The summed E-state index contributed by atoms with van der Waals surface area (Å²) in [7, 11) is 0. The molecule has 9 heavy (non-hydrogen) atoms. The summed E-state index contributed by atoms with van der Waals surface area (Å²) in [6, 6.07) is 0. The fraction of sp³-hybridized carbons (Fsp3) is 1.00. The normalized spacial score (nSPS) is 42.7. The van der Waals surface area contributed by atoms with Gasteiger partial charge in [0, 0.05) is 0 Å². The van der Waals surface area contributed by atoms with Crippen LogP contribution in [0.4, 0.5) is 0 Å². The Labute approximate surface area is 55.1 Å². The second-order valence-corrected chi connectivity index (χ2v) is 3.04. The van der Waals surface area contributed by atoms with E-state index in [4.69, 9.17) is 9.78 Å². The van der Waals surface area contributed by atoms with Crippen molar-refractivity contribution in [1.82, 2.24) is 0 Å². The van der Waals surface area contributed by atoms with E-state index in [-0.39, 0.29) is 0 Å². The van der Waals surface area contributed by atoms with Gasteiger partial charge in [0.05, 0.1) is 12.7 Å². The second-order valence-electron chi connectivity index (χ2n) is 3.04. The first-order valence-corrected chi connectivity index (χ1v) is 3.73. The summed E-state index contributed by atoms with van der Waals surface area (Å²) >= 11 is 0. The predicted octanol–water partition coefficient (Wildman–Crippen LogP) is 1.51. The summed E-state index contributed by atoms with van der Waals surface area (Å²) in [5, 5.41) is 0. The van der Waals surface area contributed by atoms with Crippen molar-refractivity contribution in [3.8, 4) is 0 Å². The number of hydrogen-bond acceptors (Lipinski definition) is 2. The van der Waals surface area contributed by atoms with Crippen molar-refractivity contribution >= 4 is 0 Å². The van der Waals surface area contributed by atoms with Crippen molar-refractivity contribution < 1.29 is 9.78 Å². The molecular formula is C7H12O2. The Kier molecular flexibility index (Phi) is 1.44. The van der Waals surface area contributed by atoms with Gasteiger partial charge in [0.25, 0.3) is 0 Å². The van der Waals surface area contributed by atoms with Crippen LogP contribution < -0.4 is 0 Å². The molecule has 0 amide bonds. The van der Waals surface area contributed by atoms with E-state index in [1.54, 1.807) is 0 Å². The van der Waals surface area contributed by atoms with Crippen molar-refractivity contribution in [2.45, 2.75) is 31.8 Å². The molecule has 2 nitrogen and oxygen atoms in total. The molecule has 2 rings (SSSR count). The van der Waals surface area contributed by atoms with E-state index in [0.29, 0.717) is 6.10 Å². The second kappa shape index (κ2) is 2.27. The molecule has 1 saturated carbocycles. The van der Waals surface area contributed by atoms with Crippen LogP contribution in [0.2, 0.25) is 0 Å². The van der Waals surface area contributed by atoms with E-state index in [9.17, 15) is 0 Å². The summed E-state index contributed by atoms with van der Waals surface area (Å²) < 4.78 is 0. The minimum atomic E-state index is 0.428. The molecule has 1 heterocycles. The smallest absolute Gasteiger partial charge is 0.0933 e. The molecule has 2 bridgehead atoms. The van der Waals surface area contributed by atoms with Gasteiger partial charge in [-0.2, -0.15) is 0 Å². The van der Waals surface area contributed by atoms with Crippen LogP contribution in [0.15, 0.2) is 0 Å². The summed E-state index contributed by atoms with van der Waals surface area (Å²) in [5.74, 6) is 0.803. The van der Waals surface area contributed by atoms with Gasteiger partial charge >= 0.3 is 0 Å². The monoisotopic (exact) mass is 128 g/mol. The van der Waals surface area contributed by atoms with Crippen molar-refractivity contribution in [3.63, 3.8) is 0 Å². The van der Waals surface area contributed by atoms with Crippen LogP contribution in [-0.2, 0) is 9.78 Å². The molecule has 2 fully saturated rings. The summed E-state index contributed by atoms with van der Waals surface area (Å²) in [5.41, 5.74) is 0. The molecule has 2 atom stereocenters. The third-order valence-electron chi connectivity index (χ3n) is 2.24. The van der Waals surface area contributed by atoms with E-state index in [1.807, 2.05) is 0 Å². The molecule has 0 unspecified atom stereocenters. The standard InChI is InChI=1S/C7H12O2/c1-2-6-4-7(3-1)9-8-5-6/h6-7H,1-5H2/t6-,7-/m1/s1. The Morgan fingerprint density at radius 2 is 2.22 bits per heavy atom. The fourth-order valence-corrected chi connectivity index (χ4v) is 1.71. The van der Waals surface area contributed by atoms with E-state index in [2.05, 4.69) is 0 Å². The van der Waals surface area contributed by atoms with Gasteiger partial charge in [-0.05, 0) is 25.2 Å². The molecule has 0 aromatic heterocycles. The molecule has 0 aromatic carbocycles. The minimum absolute atomic E-state index is 0.428. The first-order chi connectivity index (χ1) is 4.45. The summed E-state index contributed by atoms with van der Waals surface area (Å²) in [4.78, 5) is 9.99. The Hall–Kier alpha value is -0.0800. The van der Waals surface area contributed by atoms with Crippen LogP contribution in [0.3, 0.4) is 0 Å². The van der Waals surface area contributed by atoms with Gasteiger partial charge in [0.1, 0.15) is 0 Å². The van der Waals surface area contributed by atoms with Crippen molar-refractivity contribution in [1.29, 1.82) is 0 Å². The van der Waals surface area contributed by atoms with Crippen LogP contribution in [0, 0.1) is 5.92 Å². The van der Waals surface area contributed by atoms with Crippen LogP contribution >= 0.6 is 0 Å². The molecule has 2 aliphatic rings. The maximum Gasteiger partial charge on any atom is 0.0933 e. The zero-order valence-electron chi connectivity index (χ0n) is 5.51. The molecule has 0 radical (unpaired) electrons. The highest BCUT2D eigenvalue weighted by Crippen LogP contribution is 2.30. The largest absolute Gasteiger partial charge is 0.236 e. The molecule has 1 saturated heterocycles. The van der Waals surface area contributed by atoms with Gasteiger partial charge in [0.2, 0.25) is 0 Å². The lowest BCUT2D eigenvalue weighted by molar-refractivity contribution is -0.363. The number of rotatable bonds is 0. The Balaban J connectivity index is 1.96. The molecule has 2 heteroatoms. The fourth-order valence-electron chi connectivity index (χ4n) is 1.71. The van der Waals surface area contributed by atoms with Gasteiger partial charge in [-0.1, -0.05) is 6.42 Å². The maximum absolute atomic E-state index is 5.05. The number of hydrogen-bond donors (Lipinski definition) is 0. The van der Waals surface area contributed by atoms with Crippen LogP contribution in [0.25, 0.3) is 0 Å². The van der Waals surface area contributed by atoms with E-state index >= 15 is 0 Å². The van der Waals surface area contributed by atoms with Gasteiger partial charge < -0.3 is 0 Å². The zero-order valence-corrected chi connectivity index (χ0v) is 5.51. The van der Waals surface area contributed by atoms with Gasteiger partial charge in [-0.3, -0.25) is 0 Å². The summed E-state index contributed by atoms with van der Waals surface area (Å²) in [6.45, 7) is 0.830. The highest BCUT2D eigenvalue weighted by molar-refractivity contribution is 4.73. The third-order valence-corrected chi connectivity index (χ3v) is 2.24. The predicted molar refractivity (Wildman–Crippen MR) is 32.8 cm³/mol. The summed E-state index contributed by atoms with van der Waals surface area (Å²) in [6.07, 6.45) is 5.55. The molecule has 52 valence electrons. The molecule has 1 aliphatic heterocycles.